The van der Waals surface area contributed by atoms with Crippen molar-refractivity contribution < 1.29 is 13.2 Å². The van der Waals surface area contributed by atoms with E-state index in [9.17, 15) is 13.2 Å². The lowest BCUT2D eigenvalue weighted by Gasteiger charge is -2.03. The number of hydrogen-bond donors (Lipinski definition) is 0. The van der Waals surface area contributed by atoms with E-state index in [0.717, 1.165) is 21.3 Å². The van der Waals surface area contributed by atoms with Gasteiger partial charge in [0.25, 0.3) is 5.91 Å². The van der Waals surface area contributed by atoms with Gasteiger partial charge < -0.3 is 4.57 Å². The average molecular weight is 374 g/mol. The quantitative estimate of drug-likeness (QED) is 0.708. The molecule has 0 N–H and O–H groups in total. The number of fused-ring (bicyclic) bond motifs is 1. The molecule has 25 heavy (non-hydrogen) atoms. The van der Waals surface area contributed by atoms with Gasteiger partial charge >= 0.3 is 0 Å². The van der Waals surface area contributed by atoms with E-state index in [1.165, 1.54) is 23.5 Å². The van der Waals surface area contributed by atoms with Gasteiger partial charge in [-0.15, -0.1) is 0 Å². The highest BCUT2D eigenvalue weighted by atomic mass is 32.2. The van der Waals surface area contributed by atoms with Crippen LogP contribution in [0.2, 0.25) is 0 Å². The molecule has 2 aromatic carbocycles. The van der Waals surface area contributed by atoms with Crippen LogP contribution in [-0.2, 0) is 21.7 Å². The second-order valence-corrected chi connectivity index (χ2v) is 8.87. The van der Waals surface area contributed by atoms with Crippen LogP contribution < -0.4 is 4.80 Å². The van der Waals surface area contributed by atoms with Crippen molar-refractivity contribution in [1.29, 1.82) is 0 Å². The van der Waals surface area contributed by atoms with Crippen molar-refractivity contribution >= 4 is 37.3 Å². The summed E-state index contributed by atoms with van der Waals surface area (Å²) in [5.74, 6) is -1.30. The predicted octanol–water partition coefficient (Wildman–Crippen LogP) is 2.76. The number of nitrogens with zero attached hydrogens (tertiary/aromatic N) is 2. The summed E-state index contributed by atoms with van der Waals surface area (Å²) in [7, 11) is -1.85. The van der Waals surface area contributed by atoms with Crippen LogP contribution in [0, 0.1) is 13.8 Å². The molecule has 130 valence electrons. The first-order chi connectivity index (χ1) is 11.8. The van der Waals surface area contributed by atoms with Crippen molar-refractivity contribution in [2.24, 2.45) is 12.0 Å². The van der Waals surface area contributed by atoms with E-state index >= 15 is 0 Å². The van der Waals surface area contributed by atoms with Crippen molar-refractivity contribution in [2.75, 3.05) is 5.75 Å². The van der Waals surface area contributed by atoms with Crippen molar-refractivity contribution in [3.05, 3.63) is 58.4 Å². The van der Waals surface area contributed by atoms with Crippen LogP contribution in [0.25, 0.3) is 10.2 Å². The summed E-state index contributed by atoms with van der Waals surface area (Å²) in [4.78, 5) is 16.9. The van der Waals surface area contributed by atoms with Gasteiger partial charge in [0.1, 0.15) is 5.75 Å². The molecule has 1 amide bonds. The van der Waals surface area contributed by atoms with Crippen LogP contribution in [0.1, 0.15) is 11.1 Å². The van der Waals surface area contributed by atoms with Crippen LogP contribution in [0.3, 0.4) is 0 Å². The molecule has 0 saturated carbocycles. The van der Waals surface area contributed by atoms with E-state index in [1.807, 2.05) is 37.6 Å². The van der Waals surface area contributed by atoms with E-state index in [2.05, 4.69) is 4.99 Å². The van der Waals surface area contributed by atoms with Crippen LogP contribution in [0.15, 0.2) is 52.4 Å². The molecular weight excluding hydrogens is 356 g/mol. The predicted molar refractivity (Wildman–Crippen MR) is 99.3 cm³/mol. The zero-order valence-electron chi connectivity index (χ0n) is 14.2. The van der Waals surface area contributed by atoms with Gasteiger partial charge in [0.05, 0.1) is 15.1 Å². The molecule has 0 aliphatic carbocycles. The molecule has 0 aliphatic rings. The Morgan fingerprint density at radius 1 is 1.12 bits per heavy atom. The summed E-state index contributed by atoms with van der Waals surface area (Å²) < 4.78 is 27.5. The Balaban J connectivity index is 1.99. The Morgan fingerprint density at radius 3 is 2.48 bits per heavy atom. The van der Waals surface area contributed by atoms with E-state index in [0.29, 0.717) is 4.80 Å². The Kier molecular flexibility index (Phi) is 4.62. The smallest absolute Gasteiger partial charge is 0.263 e. The molecule has 0 atom stereocenters. The second-order valence-electron chi connectivity index (χ2n) is 5.88. The van der Waals surface area contributed by atoms with Gasteiger partial charge in [-0.1, -0.05) is 35.6 Å². The fourth-order valence-electron chi connectivity index (χ4n) is 2.65. The largest absolute Gasteiger partial charge is 0.319 e. The van der Waals surface area contributed by atoms with E-state index in [-0.39, 0.29) is 4.90 Å². The maximum atomic E-state index is 12.3. The molecule has 3 aromatic rings. The van der Waals surface area contributed by atoms with Crippen LogP contribution in [0.4, 0.5) is 0 Å². The second kappa shape index (κ2) is 6.57. The van der Waals surface area contributed by atoms with E-state index < -0.39 is 21.5 Å². The fraction of sp³-hybridized carbons (Fsp3) is 0.222. The minimum atomic E-state index is -3.69. The number of rotatable bonds is 3. The number of carbonyl (C=O) groups excluding carboxylic acids is 1. The lowest BCUT2D eigenvalue weighted by molar-refractivity contribution is -0.115. The summed E-state index contributed by atoms with van der Waals surface area (Å²) >= 11 is 1.38. The molecular formula is C18H18N2O3S2. The topological polar surface area (TPSA) is 68.5 Å². The molecule has 3 rings (SSSR count). The molecule has 1 aromatic heterocycles. The maximum Gasteiger partial charge on any atom is 0.263 e. The fourth-order valence-corrected chi connectivity index (χ4v) is 4.87. The Morgan fingerprint density at radius 2 is 1.80 bits per heavy atom. The zero-order chi connectivity index (χ0) is 18.2. The number of carbonyl (C=O) groups is 1. The molecule has 0 saturated heterocycles. The Labute approximate surface area is 150 Å². The SMILES string of the molecule is Cc1ccc2sc(=NC(=O)CS(=O)(=O)c3ccccc3)n(C)c2c1C. The van der Waals surface area contributed by atoms with Gasteiger partial charge in [0.2, 0.25) is 0 Å². The van der Waals surface area contributed by atoms with Crippen molar-refractivity contribution in [3.63, 3.8) is 0 Å². The molecule has 1 heterocycles. The average Bonchev–Trinajstić information content (AvgIpc) is 2.88. The van der Waals surface area contributed by atoms with Gasteiger partial charge in [-0.3, -0.25) is 4.79 Å². The zero-order valence-corrected chi connectivity index (χ0v) is 15.8. The Bertz CT molecular complexity index is 1120. The van der Waals surface area contributed by atoms with Gasteiger partial charge in [-0.25, -0.2) is 8.42 Å². The Hall–Kier alpha value is -2.25. The van der Waals surface area contributed by atoms with Gasteiger partial charge in [-0.2, -0.15) is 4.99 Å². The van der Waals surface area contributed by atoms with Crippen LogP contribution in [-0.4, -0.2) is 24.6 Å². The minimum absolute atomic E-state index is 0.130. The minimum Gasteiger partial charge on any atom is -0.319 e. The first-order valence-electron chi connectivity index (χ1n) is 7.71. The third-order valence-electron chi connectivity index (χ3n) is 4.12. The molecule has 0 aliphatic heterocycles. The van der Waals surface area contributed by atoms with Gasteiger partial charge in [-0.05, 0) is 43.2 Å². The summed E-state index contributed by atoms with van der Waals surface area (Å²) in [6.07, 6.45) is 0. The highest BCUT2D eigenvalue weighted by Gasteiger charge is 2.19. The van der Waals surface area contributed by atoms with E-state index in [1.54, 1.807) is 18.2 Å². The summed E-state index contributed by atoms with van der Waals surface area (Å²) in [5, 5.41) is 0. The van der Waals surface area contributed by atoms with Crippen molar-refractivity contribution in [2.45, 2.75) is 18.7 Å². The lowest BCUT2D eigenvalue weighted by Crippen LogP contribution is -2.19. The standard InChI is InChI=1S/C18H18N2O3S2/c1-12-9-10-15-17(13(12)2)20(3)18(24-15)19-16(21)11-25(22,23)14-7-5-4-6-8-14/h4-10H,11H2,1-3H3. The number of thiazole rings is 1. The normalized spacial score (nSPS) is 12.7. The number of aryl methyl sites for hydroxylation is 3. The molecule has 0 radical (unpaired) electrons. The lowest BCUT2D eigenvalue weighted by atomic mass is 10.1. The summed E-state index contributed by atoms with van der Waals surface area (Å²) in [6, 6.07) is 12.0. The number of sulfone groups is 1. The number of amides is 1. The molecule has 0 unspecified atom stereocenters. The molecule has 7 heteroatoms. The monoisotopic (exact) mass is 374 g/mol. The van der Waals surface area contributed by atoms with Crippen molar-refractivity contribution in [1.82, 2.24) is 4.57 Å². The molecule has 0 bridgehead atoms. The highest BCUT2D eigenvalue weighted by molar-refractivity contribution is 7.92. The highest BCUT2D eigenvalue weighted by Crippen LogP contribution is 2.23. The molecule has 0 spiro atoms. The first-order valence-corrected chi connectivity index (χ1v) is 10.2. The number of hydrogen-bond acceptors (Lipinski definition) is 4. The maximum absolute atomic E-state index is 12.3. The number of aromatic nitrogens is 1. The third kappa shape index (κ3) is 3.43. The molecule has 5 nitrogen and oxygen atoms in total. The molecule has 0 fully saturated rings. The van der Waals surface area contributed by atoms with Crippen LogP contribution in [0.5, 0.6) is 0 Å². The number of benzene rings is 2. The van der Waals surface area contributed by atoms with Gasteiger partial charge in [0.15, 0.2) is 14.6 Å². The van der Waals surface area contributed by atoms with Crippen LogP contribution >= 0.6 is 11.3 Å². The van der Waals surface area contributed by atoms with E-state index in [4.69, 9.17) is 0 Å². The third-order valence-corrected chi connectivity index (χ3v) is 6.84. The van der Waals surface area contributed by atoms with Gasteiger partial charge in [0, 0.05) is 7.05 Å². The summed E-state index contributed by atoms with van der Waals surface area (Å²) in [6.45, 7) is 4.05. The van der Waals surface area contributed by atoms with Crippen molar-refractivity contribution in [3.8, 4) is 0 Å². The summed E-state index contributed by atoms with van der Waals surface area (Å²) in [5.41, 5.74) is 3.30. The first kappa shape index (κ1) is 17.6.